The average Bonchev–Trinajstić information content (AvgIpc) is 2.42. The summed E-state index contributed by atoms with van der Waals surface area (Å²) in [5, 5.41) is 0. The molecule has 0 amide bonds. The van der Waals surface area contributed by atoms with Crippen LogP contribution < -0.4 is 0 Å². The molecule has 0 bridgehead atoms. The van der Waals surface area contributed by atoms with Crippen LogP contribution in [0.3, 0.4) is 0 Å². The van der Waals surface area contributed by atoms with Gasteiger partial charge in [0.2, 0.25) is 0 Å². The maximum atomic E-state index is 13.4. The highest BCUT2D eigenvalue weighted by molar-refractivity contribution is 5.97. The van der Waals surface area contributed by atoms with Crippen molar-refractivity contribution in [1.82, 2.24) is 0 Å². The van der Waals surface area contributed by atoms with Crippen LogP contribution in [-0.2, 0) is 4.74 Å². The molecule has 1 rings (SSSR count). The van der Waals surface area contributed by atoms with Crippen LogP contribution >= 0.6 is 0 Å². The van der Waals surface area contributed by atoms with Crippen LogP contribution in [0.15, 0.2) is 18.2 Å². The summed E-state index contributed by atoms with van der Waals surface area (Å²) >= 11 is 0. The Morgan fingerprint density at radius 1 is 1.30 bits per heavy atom. The number of unbranched alkanes of at least 4 members (excludes halogenated alkanes) is 1. The molecule has 1 unspecified atom stereocenters. The van der Waals surface area contributed by atoms with E-state index in [1.165, 1.54) is 0 Å². The summed E-state index contributed by atoms with van der Waals surface area (Å²) in [6, 6.07) is 2.94. The number of rotatable bonds is 9. The molecular formula is C16H22F2O2. The molecule has 0 aliphatic carbocycles. The van der Waals surface area contributed by atoms with Crippen molar-refractivity contribution in [3.05, 3.63) is 35.4 Å². The van der Waals surface area contributed by atoms with Crippen LogP contribution in [0.1, 0.15) is 49.9 Å². The minimum atomic E-state index is -0.836. The zero-order valence-corrected chi connectivity index (χ0v) is 12.1. The van der Waals surface area contributed by atoms with Crippen LogP contribution in [-0.4, -0.2) is 19.0 Å². The molecule has 112 valence electrons. The van der Waals surface area contributed by atoms with Crippen molar-refractivity contribution < 1.29 is 18.3 Å². The number of carbonyl (C=O) groups excluding carboxylic acids is 1. The van der Waals surface area contributed by atoms with E-state index in [-0.39, 0.29) is 12.2 Å². The first-order chi connectivity index (χ1) is 9.58. The maximum Gasteiger partial charge on any atom is 0.191 e. The minimum absolute atomic E-state index is 0.118. The first kappa shape index (κ1) is 16.8. The van der Waals surface area contributed by atoms with Gasteiger partial charge in [-0.15, -0.1) is 0 Å². The molecule has 0 aliphatic heterocycles. The molecule has 1 aromatic rings. The topological polar surface area (TPSA) is 26.3 Å². The Balaban J connectivity index is 2.42. The summed E-state index contributed by atoms with van der Waals surface area (Å²) < 4.78 is 31.5. The van der Waals surface area contributed by atoms with Gasteiger partial charge in [0.05, 0.1) is 5.56 Å². The molecule has 0 radical (unpaired) electrons. The number of benzene rings is 1. The second-order valence-corrected chi connectivity index (χ2v) is 4.98. The van der Waals surface area contributed by atoms with Crippen molar-refractivity contribution in [3.8, 4) is 0 Å². The highest BCUT2D eigenvalue weighted by Gasteiger charge is 2.13. The molecule has 1 atom stereocenters. The van der Waals surface area contributed by atoms with Crippen molar-refractivity contribution in [2.24, 2.45) is 5.92 Å². The smallest absolute Gasteiger partial charge is 0.191 e. The molecule has 0 heterocycles. The number of ketones is 1. The van der Waals surface area contributed by atoms with Gasteiger partial charge in [0.1, 0.15) is 18.2 Å². The van der Waals surface area contributed by atoms with Gasteiger partial charge in [-0.25, -0.2) is 8.78 Å². The molecular weight excluding hydrogens is 262 g/mol. The van der Waals surface area contributed by atoms with Crippen LogP contribution in [0.5, 0.6) is 0 Å². The highest BCUT2D eigenvalue weighted by atomic mass is 19.1. The fourth-order valence-corrected chi connectivity index (χ4v) is 2.01. The molecule has 0 aliphatic rings. The zero-order valence-electron chi connectivity index (χ0n) is 12.1. The van der Waals surface area contributed by atoms with Crippen LogP contribution in [0.25, 0.3) is 0 Å². The van der Waals surface area contributed by atoms with Crippen molar-refractivity contribution in [1.29, 1.82) is 0 Å². The summed E-state index contributed by atoms with van der Waals surface area (Å²) in [6.07, 6.45) is 4.35. The van der Waals surface area contributed by atoms with Gasteiger partial charge in [-0.3, -0.25) is 4.79 Å². The Hall–Kier alpha value is -1.29. The number of hydrogen-bond acceptors (Lipinski definition) is 2. The second-order valence-electron chi connectivity index (χ2n) is 4.98. The lowest BCUT2D eigenvalue weighted by Gasteiger charge is -2.14. The summed E-state index contributed by atoms with van der Waals surface area (Å²) in [5.74, 6) is -1.55. The van der Waals surface area contributed by atoms with E-state index in [1.807, 2.05) is 0 Å². The molecule has 2 nitrogen and oxygen atoms in total. The number of ether oxygens (including phenoxy) is 1. The number of halogens is 2. The monoisotopic (exact) mass is 284 g/mol. The van der Waals surface area contributed by atoms with E-state index in [2.05, 4.69) is 13.8 Å². The van der Waals surface area contributed by atoms with Crippen molar-refractivity contribution in [3.63, 3.8) is 0 Å². The third-order valence-corrected chi connectivity index (χ3v) is 3.36. The highest BCUT2D eigenvalue weighted by Crippen LogP contribution is 2.14. The molecule has 1 aromatic carbocycles. The number of carbonyl (C=O) groups is 1. The van der Waals surface area contributed by atoms with Crippen LogP contribution in [0.2, 0.25) is 0 Å². The lowest BCUT2D eigenvalue weighted by molar-refractivity contribution is 0.0655. The lowest BCUT2D eigenvalue weighted by Crippen LogP contribution is -2.16. The fourth-order valence-electron chi connectivity index (χ4n) is 2.01. The second kappa shape index (κ2) is 8.80. The minimum Gasteiger partial charge on any atom is -0.373 e. The first-order valence-corrected chi connectivity index (χ1v) is 7.14. The average molecular weight is 284 g/mol. The summed E-state index contributed by atoms with van der Waals surface area (Å²) in [4.78, 5) is 11.8. The normalized spacial score (nSPS) is 12.4. The van der Waals surface area contributed by atoms with E-state index < -0.39 is 17.4 Å². The predicted molar refractivity (Wildman–Crippen MR) is 74.8 cm³/mol. The van der Waals surface area contributed by atoms with Gasteiger partial charge in [-0.1, -0.05) is 33.1 Å². The fraction of sp³-hybridized carbons (Fsp3) is 0.562. The van der Waals surface area contributed by atoms with E-state index in [4.69, 9.17) is 4.74 Å². The van der Waals surface area contributed by atoms with E-state index in [9.17, 15) is 13.6 Å². The molecule has 0 N–H and O–H groups in total. The third kappa shape index (κ3) is 5.37. The van der Waals surface area contributed by atoms with Gasteiger partial charge in [-0.05, 0) is 24.5 Å². The molecule has 0 spiro atoms. The van der Waals surface area contributed by atoms with Crippen molar-refractivity contribution in [2.75, 3.05) is 13.2 Å². The van der Waals surface area contributed by atoms with E-state index in [0.29, 0.717) is 18.6 Å². The van der Waals surface area contributed by atoms with Crippen LogP contribution in [0.4, 0.5) is 8.78 Å². The Morgan fingerprint density at radius 2 is 2.05 bits per heavy atom. The standard InChI is InChI=1S/C16H22F2O2/c1-3-5-6-12(4-2)10-20-11-16(19)14-8-7-13(17)9-15(14)18/h7-9,12H,3-6,10-11H2,1-2H3. The van der Waals surface area contributed by atoms with E-state index in [1.54, 1.807) is 0 Å². The molecule has 0 saturated heterocycles. The molecule has 0 saturated carbocycles. The van der Waals surface area contributed by atoms with E-state index >= 15 is 0 Å². The summed E-state index contributed by atoms with van der Waals surface area (Å²) in [6.45, 7) is 4.57. The summed E-state index contributed by atoms with van der Waals surface area (Å²) in [7, 11) is 0. The molecule has 0 fully saturated rings. The SMILES string of the molecule is CCCCC(CC)COCC(=O)c1ccc(F)cc1F. The third-order valence-electron chi connectivity index (χ3n) is 3.36. The van der Waals surface area contributed by atoms with Gasteiger partial charge in [0, 0.05) is 12.7 Å². The number of hydrogen-bond donors (Lipinski definition) is 0. The Kier molecular flexibility index (Phi) is 7.37. The molecule has 20 heavy (non-hydrogen) atoms. The van der Waals surface area contributed by atoms with Gasteiger partial charge in [0.25, 0.3) is 0 Å². The predicted octanol–water partition coefficient (Wildman–Crippen LogP) is 4.38. The number of Topliss-reactive ketones (excluding diaryl/α,β-unsaturated/α-hetero) is 1. The van der Waals surface area contributed by atoms with Gasteiger partial charge in [-0.2, -0.15) is 0 Å². The lowest BCUT2D eigenvalue weighted by atomic mass is 10.0. The quantitative estimate of drug-likeness (QED) is 0.629. The van der Waals surface area contributed by atoms with Crippen molar-refractivity contribution in [2.45, 2.75) is 39.5 Å². The van der Waals surface area contributed by atoms with E-state index in [0.717, 1.165) is 37.8 Å². The Bertz CT molecular complexity index is 432. The Morgan fingerprint density at radius 3 is 2.65 bits per heavy atom. The molecule has 4 heteroatoms. The van der Waals surface area contributed by atoms with Gasteiger partial charge >= 0.3 is 0 Å². The van der Waals surface area contributed by atoms with Gasteiger partial charge in [0.15, 0.2) is 5.78 Å². The first-order valence-electron chi connectivity index (χ1n) is 7.14. The van der Waals surface area contributed by atoms with Crippen LogP contribution in [0, 0.1) is 17.6 Å². The van der Waals surface area contributed by atoms with Crippen molar-refractivity contribution >= 4 is 5.78 Å². The summed E-state index contributed by atoms with van der Waals surface area (Å²) in [5.41, 5.74) is -0.118. The molecule has 0 aromatic heterocycles. The largest absolute Gasteiger partial charge is 0.373 e. The zero-order chi connectivity index (χ0) is 15.0. The van der Waals surface area contributed by atoms with Gasteiger partial charge < -0.3 is 4.74 Å². The Labute approximate surface area is 119 Å². The maximum absolute atomic E-state index is 13.4.